The van der Waals surface area contributed by atoms with Crippen LogP contribution in [0.25, 0.3) is 0 Å². The van der Waals surface area contributed by atoms with Crippen LogP contribution in [0, 0.1) is 17.2 Å². The van der Waals surface area contributed by atoms with E-state index >= 15 is 0 Å². The lowest BCUT2D eigenvalue weighted by Gasteiger charge is -2.13. The summed E-state index contributed by atoms with van der Waals surface area (Å²) in [6.45, 7) is 4.50. The van der Waals surface area contributed by atoms with Crippen LogP contribution < -0.4 is 5.73 Å². The Bertz CT molecular complexity index is 403. The average Bonchev–Trinajstić information content (AvgIpc) is 2.82. The molecule has 1 aliphatic carbocycles. The fourth-order valence-corrected chi connectivity index (χ4v) is 2.75. The van der Waals surface area contributed by atoms with Gasteiger partial charge in [0.15, 0.2) is 0 Å². The van der Waals surface area contributed by atoms with Crippen molar-refractivity contribution in [1.29, 1.82) is 0 Å². The molecule has 88 valence electrons. The molecule has 2 N–H and O–H groups in total. The lowest BCUT2D eigenvalue weighted by Crippen LogP contribution is -2.27. The molecule has 0 saturated heterocycles. The van der Waals surface area contributed by atoms with Crippen molar-refractivity contribution in [1.82, 2.24) is 0 Å². The van der Waals surface area contributed by atoms with E-state index in [4.69, 9.17) is 5.73 Å². The minimum absolute atomic E-state index is 0.187. The number of rotatable bonds is 3. The first kappa shape index (κ1) is 12.1. The molecule has 16 heavy (non-hydrogen) atoms. The highest BCUT2D eigenvalue weighted by molar-refractivity contribution is 9.10. The number of benzene rings is 1. The molecular formula is C13H17BrFN. The largest absolute Gasteiger partial charge is 0.327 e. The van der Waals surface area contributed by atoms with Gasteiger partial charge in [-0.25, -0.2) is 4.39 Å². The molecule has 2 unspecified atom stereocenters. The van der Waals surface area contributed by atoms with Crippen LogP contribution in [0.5, 0.6) is 0 Å². The van der Waals surface area contributed by atoms with Gasteiger partial charge in [0, 0.05) is 6.04 Å². The van der Waals surface area contributed by atoms with Crippen LogP contribution in [-0.2, 0) is 6.42 Å². The Balaban J connectivity index is 2.02. The molecule has 0 bridgehead atoms. The SMILES string of the molecule is CC1(C)CC1C(N)Cc1ccc(F)c(Br)c1. The predicted molar refractivity (Wildman–Crippen MR) is 67.7 cm³/mol. The molecule has 1 fully saturated rings. The van der Waals surface area contributed by atoms with Crippen LogP contribution in [0.1, 0.15) is 25.8 Å². The number of hydrogen-bond acceptors (Lipinski definition) is 1. The second kappa shape index (κ2) is 4.11. The molecule has 2 rings (SSSR count). The van der Waals surface area contributed by atoms with Crippen molar-refractivity contribution in [3.05, 3.63) is 34.1 Å². The van der Waals surface area contributed by atoms with Crippen molar-refractivity contribution >= 4 is 15.9 Å². The number of hydrogen-bond donors (Lipinski definition) is 1. The first-order chi connectivity index (χ1) is 7.40. The minimum Gasteiger partial charge on any atom is -0.327 e. The van der Waals surface area contributed by atoms with Gasteiger partial charge in [0.2, 0.25) is 0 Å². The maximum Gasteiger partial charge on any atom is 0.137 e. The van der Waals surface area contributed by atoms with Crippen molar-refractivity contribution in [3.8, 4) is 0 Å². The Morgan fingerprint density at radius 3 is 2.69 bits per heavy atom. The Kier molecular flexibility index (Phi) is 3.10. The van der Waals surface area contributed by atoms with Crippen molar-refractivity contribution < 1.29 is 4.39 Å². The van der Waals surface area contributed by atoms with Crippen LogP contribution >= 0.6 is 15.9 Å². The van der Waals surface area contributed by atoms with Crippen molar-refractivity contribution in [2.24, 2.45) is 17.1 Å². The highest BCUT2D eigenvalue weighted by Gasteiger charge is 2.48. The molecule has 1 saturated carbocycles. The second-order valence-corrected chi connectivity index (χ2v) is 6.27. The molecule has 0 amide bonds. The van der Waals surface area contributed by atoms with Crippen LogP contribution in [0.3, 0.4) is 0 Å². The van der Waals surface area contributed by atoms with Gasteiger partial charge in [0.05, 0.1) is 4.47 Å². The summed E-state index contributed by atoms with van der Waals surface area (Å²) in [5.41, 5.74) is 7.67. The van der Waals surface area contributed by atoms with Gasteiger partial charge < -0.3 is 5.73 Å². The van der Waals surface area contributed by atoms with Gasteiger partial charge in [-0.05, 0) is 57.8 Å². The van der Waals surface area contributed by atoms with Gasteiger partial charge in [-0.15, -0.1) is 0 Å². The summed E-state index contributed by atoms with van der Waals surface area (Å²) in [7, 11) is 0. The van der Waals surface area contributed by atoms with E-state index in [1.165, 1.54) is 12.5 Å². The maximum atomic E-state index is 13.1. The number of halogens is 2. The summed E-state index contributed by atoms with van der Waals surface area (Å²) in [5, 5.41) is 0. The van der Waals surface area contributed by atoms with E-state index in [1.54, 1.807) is 0 Å². The molecule has 1 aliphatic rings. The standard InChI is InChI=1S/C13H17BrFN/c1-13(2)7-9(13)12(16)6-8-3-4-11(15)10(14)5-8/h3-5,9,12H,6-7,16H2,1-2H3. The molecule has 0 heterocycles. The van der Waals surface area contributed by atoms with E-state index < -0.39 is 0 Å². The van der Waals surface area contributed by atoms with E-state index in [0.717, 1.165) is 12.0 Å². The minimum atomic E-state index is -0.218. The summed E-state index contributed by atoms with van der Waals surface area (Å²) in [6.07, 6.45) is 2.03. The van der Waals surface area contributed by atoms with E-state index in [9.17, 15) is 4.39 Å². The van der Waals surface area contributed by atoms with E-state index in [-0.39, 0.29) is 11.9 Å². The van der Waals surface area contributed by atoms with Gasteiger partial charge >= 0.3 is 0 Å². The average molecular weight is 286 g/mol. The molecule has 0 aliphatic heterocycles. The molecule has 3 heteroatoms. The summed E-state index contributed by atoms with van der Waals surface area (Å²) >= 11 is 3.20. The normalized spacial score (nSPS) is 24.2. The Hall–Kier alpha value is -0.410. The third-order valence-corrected chi connectivity index (χ3v) is 4.17. The third kappa shape index (κ3) is 2.46. The van der Waals surface area contributed by atoms with Gasteiger partial charge in [-0.1, -0.05) is 19.9 Å². The van der Waals surface area contributed by atoms with Gasteiger partial charge in [0.1, 0.15) is 5.82 Å². The predicted octanol–water partition coefficient (Wildman–Crippen LogP) is 3.50. The smallest absolute Gasteiger partial charge is 0.137 e. The van der Waals surface area contributed by atoms with Gasteiger partial charge in [-0.2, -0.15) is 0 Å². The van der Waals surface area contributed by atoms with Crippen molar-refractivity contribution in [2.75, 3.05) is 0 Å². The molecule has 1 aromatic carbocycles. The summed E-state index contributed by atoms with van der Waals surface area (Å²) in [6, 6.07) is 5.32. The lowest BCUT2D eigenvalue weighted by molar-refractivity contribution is 0.476. The molecular weight excluding hydrogens is 269 g/mol. The Morgan fingerprint density at radius 1 is 1.56 bits per heavy atom. The highest BCUT2D eigenvalue weighted by atomic mass is 79.9. The summed E-state index contributed by atoms with van der Waals surface area (Å²) in [4.78, 5) is 0. The zero-order valence-corrected chi connectivity index (χ0v) is 11.2. The van der Waals surface area contributed by atoms with Gasteiger partial charge in [-0.3, -0.25) is 0 Å². The van der Waals surface area contributed by atoms with E-state index in [0.29, 0.717) is 15.8 Å². The molecule has 2 atom stereocenters. The first-order valence-corrected chi connectivity index (χ1v) is 6.39. The Morgan fingerprint density at radius 2 is 2.19 bits per heavy atom. The second-order valence-electron chi connectivity index (χ2n) is 5.42. The van der Waals surface area contributed by atoms with Crippen molar-refractivity contribution in [2.45, 2.75) is 32.7 Å². The zero-order chi connectivity index (χ0) is 11.9. The fourth-order valence-electron chi connectivity index (χ4n) is 2.32. The van der Waals surface area contributed by atoms with Crippen LogP contribution in [0.4, 0.5) is 4.39 Å². The molecule has 0 aromatic heterocycles. The highest BCUT2D eigenvalue weighted by Crippen LogP contribution is 2.53. The van der Waals surface area contributed by atoms with Crippen molar-refractivity contribution in [3.63, 3.8) is 0 Å². The van der Waals surface area contributed by atoms with E-state index in [1.807, 2.05) is 12.1 Å². The molecule has 0 radical (unpaired) electrons. The summed E-state index contributed by atoms with van der Waals surface area (Å²) in [5.74, 6) is 0.389. The third-order valence-electron chi connectivity index (χ3n) is 3.56. The number of nitrogens with two attached hydrogens (primary N) is 1. The van der Waals surface area contributed by atoms with Crippen LogP contribution in [-0.4, -0.2) is 6.04 Å². The van der Waals surface area contributed by atoms with Crippen LogP contribution in [0.2, 0.25) is 0 Å². The fraction of sp³-hybridized carbons (Fsp3) is 0.538. The lowest BCUT2D eigenvalue weighted by atomic mass is 9.98. The van der Waals surface area contributed by atoms with Gasteiger partial charge in [0.25, 0.3) is 0 Å². The topological polar surface area (TPSA) is 26.0 Å². The molecule has 1 nitrogen and oxygen atoms in total. The maximum absolute atomic E-state index is 13.1. The molecule has 1 aromatic rings. The molecule has 0 spiro atoms. The van der Waals surface area contributed by atoms with E-state index in [2.05, 4.69) is 29.8 Å². The zero-order valence-electron chi connectivity index (χ0n) is 9.63. The first-order valence-electron chi connectivity index (χ1n) is 5.59. The van der Waals surface area contributed by atoms with Crippen LogP contribution in [0.15, 0.2) is 22.7 Å². The summed E-state index contributed by atoms with van der Waals surface area (Å²) < 4.78 is 13.6. The monoisotopic (exact) mass is 285 g/mol. The Labute approximate surface area is 104 Å². The quantitative estimate of drug-likeness (QED) is 0.904.